The van der Waals surface area contributed by atoms with Gasteiger partial charge in [-0.3, -0.25) is 10.1 Å². The lowest BCUT2D eigenvalue weighted by molar-refractivity contribution is -0.384. The summed E-state index contributed by atoms with van der Waals surface area (Å²) < 4.78 is 20.0. The molecular weight excluding hydrogens is 393 g/mol. The molecule has 0 spiro atoms. The number of nitro groups is 1. The number of aliphatic hydroxyl groups is 1. The summed E-state index contributed by atoms with van der Waals surface area (Å²) >= 11 is 0. The van der Waals surface area contributed by atoms with Gasteiger partial charge in [-0.15, -0.1) is 0 Å². The summed E-state index contributed by atoms with van der Waals surface area (Å²) in [6.45, 7) is 1.61. The molecule has 1 aromatic heterocycles. The number of morpholine rings is 1. The predicted octanol–water partition coefficient (Wildman–Crippen LogP) is 2.63. The first-order valence-electron chi connectivity index (χ1n) is 9.96. The van der Waals surface area contributed by atoms with Crippen molar-refractivity contribution in [2.24, 2.45) is 0 Å². The summed E-state index contributed by atoms with van der Waals surface area (Å²) in [5.74, 6) is 0.617. The van der Waals surface area contributed by atoms with Crippen molar-refractivity contribution in [2.75, 3.05) is 42.8 Å². The zero-order valence-corrected chi connectivity index (χ0v) is 16.4. The molecule has 0 radical (unpaired) electrons. The SMILES string of the molecule is O=[N+]([O-])c1ccc(N2CCC(O)CC2)nc1N(c1ccccc1)N1CCOCC1F. The maximum atomic E-state index is 14.8. The number of piperidine rings is 1. The van der Waals surface area contributed by atoms with Gasteiger partial charge in [0.15, 0.2) is 6.30 Å². The van der Waals surface area contributed by atoms with Crippen molar-refractivity contribution in [2.45, 2.75) is 25.2 Å². The van der Waals surface area contributed by atoms with Crippen LogP contribution >= 0.6 is 0 Å². The van der Waals surface area contributed by atoms with Gasteiger partial charge in [0.25, 0.3) is 0 Å². The number of para-hydroxylation sites is 1. The number of pyridine rings is 1. The third-order valence-corrected chi connectivity index (χ3v) is 5.33. The number of hydrogen-bond acceptors (Lipinski definition) is 8. The maximum absolute atomic E-state index is 14.8. The van der Waals surface area contributed by atoms with Crippen molar-refractivity contribution < 1.29 is 19.2 Å². The van der Waals surface area contributed by atoms with Crippen LogP contribution in [0.2, 0.25) is 0 Å². The summed E-state index contributed by atoms with van der Waals surface area (Å²) in [7, 11) is 0. The van der Waals surface area contributed by atoms with Gasteiger partial charge in [-0.2, -0.15) is 5.01 Å². The molecule has 30 heavy (non-hydrogen) atoms. The minimum atomic E-state index is -1.46. The fraction of sp³-hybridized carbons (Fsp3) is 0.450. The van der Waals surface area contributed by atoms with E-state index in [-0.39, 0.29) is 30.8 Å². The molecule has 160 valence electrons. The van der Waals surface area contributed by atoms with Crippen LogP contribution in [0, 0.1) is 10.1 Å². The molecule has 10 heteroatoms. The van der Waals surface area contributed by atoms with Gasteiger partial charge in [0.2, 0.25) is 5.82 Å². The molecule has 2 saturated heterocycles. The van der Waals surface area contributed by atoms with Crippen LogP contribution in [0.3, 0.4) is 0 Å². The maximum Gasteiger partial charge on any atom is 0.313 e. The molecule has 4 rings (SSSR count). The van der Waals surface area contributed by atoms with Gasteiger partial charge in [0.1, 0.15) is 5.82 Å². The molecule has 2 aromatic rings. The average Bonchev–Trinajstić information content (AvgIpc) is 2.76. The highest BCUT2D eigenvalue weighted by atomic mass is 19.1. The van der Waals surface area contributed by atoms with Crippen LogP contribution < -0.4 is 9.91 Å². The van der Waals surface area contributed by atoms with E-state index in [2.05, 4.69) is 4.98 Å². The third-order valence-electron chi connectivity index (χ3n) is 5.33. The van der Waals surface area contributed by atoms with Crippen LogP contribution in [-0.2, 0) is 4.74 Å². The molecule has 2 fully saturated rings. The zero-order valence-electron chi connectivity index (χ0n) is 16.4. The summed E-state index contributed by atoms with van der Waals surface area (Å²) in [5.41, 5.74) is 0.363. The highest BCUT2D eigenvalue weighted by molar-refractivity contribution is 5.69. The Bertz CT molecular complexity index is 879. The van der Waals surface area contributed by atoms with Crippen molar-refractivity contribution in [1.82, 2.24) is 9.99 Å². The lowest BCUT2D eigenvalue weighted by Crippen LogP contribution is -2.51. The highest BCUT2D eigenvalue weighted by Crippen LogP contribution is 2.37. The normalized spacial score (nSPS) is 20.9. The van der Waals surface area contributed by atoms with E-state index in [1.807, 2.05) is 11.0 Å². The second-order valence-corrected chi connectivity index (χ2v) is 7.31. The fourth-order valence-electron chi connectivity index (χ4n) is 3.75. The Morgan fingerprint density at radius 3 is 2.57 bits per heavy atom. The van der Waals surface area contributed by atoms with Gasteiger partial charge >= 0.3 is 5.69 Å². The predicted molar refractivity (Wildman–Crippen MR) is 109 cm³/mol. The van der Waals surface area contributed by atoms with Crippen molar-refractivity contribution in [3.05, 3.63) is 52.6 Å². The number of hydrazine groups is 1. The number of benzene rings is 1. The Morgan fingerprint density at radius 1 is 1.17 bits per heavy atom. The molecule has 9 nitrogen and oxygen atoms in total. The molecule has 2 aliphatic rings. The molecular formula is C20H24FN5O4. The summed E-state index contributed by atoms with van der Waals surface area (Å²) in [5, 5.41) is 24.5. The zero-order chi connectivity index (χ0) is 21.1. The Labute approximate surface area is 173 Å². The van der Waals surface area contributed by atoms with Crippen LogP contribution in [0.4, 0.5) is 27.4 Å². The molecule has 1 N–H and O–H groups in total. The van der Waals surface area contributed by atoms with Crippen molar-refractivity contribution in [1.29, 1.82) is 0 Å². The van der Waals surface area contributed by atoms with Gasteiger partial charge in [-0.05, 0) is 31.0 Å². The summed E-state index contributed by atoms with van der Waals surface area (Å²) in [4.78, 5) is 17.9. The Balaban J connectivity index is 1.79. The van der Waals surface area contributed by atoms with E-state index in [9.17, 15) is 19.6 Å². The monoisotopic (exact) mass is 417 g/mol. The lowest BCUT2D eigenvalue weighted by atomic mass is 10.1. The molecule has 0 bridgehead atoms. The minimum Gasteiger partial charge on any atom is -0.393 e. The number of aliphatic hydroxyl groups excluding tert-OH is 1. The molecule has 1 aromatic carbocycles. The number of nitrogens with zero attached hydrogens (tertiary/aromatic N) is 5. The van der Waals surface area contributed by atoms with E-state index in [0.29, 0.717) is 44.0 Å². The lowest BCUT2D eigenvalue weighted by Gasteiger charge is -2.40. The van der Waals surface area contributed by atoms with Crippen molar-refractivity contribution >= 4 is 23.0 Å². The van der Waals surface area contributed by atoms with Crippen LogP contribution in [-0.4, -0.2) is 65.3 Å². The number of rotatable bonds is 5. The number of hydrogen-bond donors (Lipinski definition) is 1. The first-order valence-corrected chi connectivity index (χ1v) is 9.96. The van der Waals surface area contributed by atoms with Gasteiger partial charge in [-0.25, -0.2) is 14.4 Å². The van der Waals surface area contributed by atoms with E-state index in [1.165, 1.54) is 16.1 Å². The molecule has 2 aliphatic heterocycles. The van der Waals surface area contributed by atoms with Crippen LogP contribution in [0.5, 0.6) is 0 Å². The number of aromatic nitrogens is 1. The average molecular weight is 417 g/mol. The van der Waals surface area contributed by atoms with Crippen molar-refractivity contribution in [3.63, 3.8) is 0 Å². The second kappa shape index (κ2) is 8.90. The Hall–Kier alpha value is -2.82. The Morgan fingerprint density at radius 2 is 1.90 bits per heavy atom. The first-order chi connectivity index (χ1) is 14.5. The minimum absolute atomic E-state index is 0.0550. The van der Waals surface area contributed by atoms with Gasteiger partial charge in [0, 0.05) is 25.7 Å². The van der Waals surface area contributed by atoms with Gasteiger partial charge < -0.3 is 14.7 Å². The number of halogens is 1. The van der Waals surface area contributed by atoms with E-state index in [0.717, 1.165) is 0 Å². The smallest absolute Gasteiger partial charge is 0.313 e. The van der Waals surface area contributed by atoms with E-state index >= 15 is 0 Å². The summed E-state index contributed by atoms with van der Waals surface area (Å²) in [6.07, 6.45) is -0.604. The number of anilines is 3. The quantitative estimate of drug-likeness (QED) is 0.451. The highest BCUT2D eigenvalue weighted by Gasteiger charge is 2.34. The van der Waals surface area contributed by atoms with Crippen LogP contribution in [0.1, 0.15) is 12.8 Å². The largest absolute Gasteiger partial charge is 0.393 e. The topological polar surface area (TPSA) is 95.2 Å². The third kappa shape index (κ3) is 4.20. The number of alkyl halides is 1. The summed E-state index contributed by atoms with van der Waals surface area (Å²) in [6, 6.07) is 11.9. The standard InChI is InChI=1S/C20H24FN5O4/c21-18-14-30-13-12-24(18)25(15-4-2-1-3-5-15)20-17(26(28)29)6-7-19(22-20)23-10-8-16(27)9-11-23/h1-7,16,18,27H,8-14H2. The fourth-order valence-corrected chi connectivity index (χ4v) is 3.75. The van der Waals surface area contributed by atoms with Gasteiger partial charge in [0.05, 0.1) is 29.9 Å². The molecule has 0 saturated carbocycles. The second-order valence-electron chi connectivity index (χ2n) is 7.31. The molecule has 0 aliphatic carbocycles. The molecule has 1 atom stereocenters. The molecule has 0 amide bonds. The van der Waals surface area contributed by atoms with E-state index in [1.54, 1.807) is 30.3 Å². The number of ether oxygens (including phenoxy) is 1. The molecule has 1 unspecified atom stereocenters. The Kier molecular flexibility index (Phi) is 6.07. The first kappa shape index (κ1) is 20.5. The molecule has 3 heterocycles. The van der Waals surface area contributed by atoms with Crippen LogP contribution in [0.15, 0.2) is 42.5 Å². The van der Waals surface area contributed by atoms with Crippen LogP contribution in [0.25, 0.3) is 0 Å². The van der Waals surface area contributed by atoms with E-state index in [4.69, 9.17) is 4.74 Å². The van der Waals surface area contributed by atoms with E-state index < -0.39 is 11.2 Å². The van der Waals surface area contributed by atoms with Gasteiger partial charge in [-0.1, -0.05) is 18.2 Å². The van der Waals surface area contributed by atoms with Crippen molar-refractivity contribution in [3.8, 4) is 0 Å².